The van der Waals surface area contributed by atoms with Gasteiger partial charge in [-0.25, -0.2) is 0 Å². The molecule has 0 aliphatic carbocycles. The lowest BCUT2D eigenvalue weighted by molar-refractivity contribution is 0.0938. The van der Waals surface area contributed by atoms with Crippen molar-refractivity contribution in [1.29, 1.82) is 0 Å². The second-order valence-corrected chi connectivity index (χ2v) is 7.59. The number of nitrogens with zero attached hydrogens (tertiary/aromatic N) is 1. The van der Waals surface area contributed by atoms with Crippen LogP contribution < -0.4 is 5.32 Å². The van der Waals surface area contributed by atoms with Crippen LogP contribution >= 0.6 is 0 Å². The first-order valence-electron chi connectivity index (χ1n) is 9.55. The smallest absolute Gasteiger partial charge is 0.0223 e. The van der Waals surface area contributed by atoms with Crippen molar-refractivity contribution in [3.8, 4) is 0 Å². The Hall–Kier alpha value is -0.0800. The molecule has 3 unspecified atom stereocenters. The zero-order valence-electron chi connectivity index (χ0n) is 15.3. The SMILES string of the molecule is CCCCCCCN1CC(C(C)CC)NCC1CC(C)C. The Morgan fingerprint density at radius 1 is 1.05 bits per heavy atom. The third-order valence-corrected chi connectivity index (χ3v) is 5.19. The maximum atomic E-state index is 3.82. The van der Waals surface area contributed by atoms with Gasteiger partial charge in [0.2, 0.25) is 0 Å². The molecule has 0 aromatic heterocycles. The zero-order valence-corrected chi connectivity index (χ0v) is 15.3. The van der Waals surface area contributed by atoms with Gasteiger partial charge in [-0.15, -0.1) is 0 Å². The van der Waals surface area contributed by atoms with Crippen LogP contribution in [-0.2, 0) is 0 Å². The normalized spacial score (nSPS) is 25.4. The molecule has 0 radical (unpaired) electrons. The van der Waals surface area contributed by atoms with E-state index >= 15 is 0 Å². The molecule has 1 aliphatic heterocycles. The highest BCUT2D eigenvalue weighted by atomic mass is 15.2. The predicted molar refractivity (Wildman–Crippen MR) is 94.8 cm³/mol. The molecule has 0 amide bonds. The fraction of sp³-hybridized carbons (Fsp3) is 1.00. The Bertz CT molecular complexity index is 252. The standard InChI is InChI=1S/C19H40N2/c1-6-8-9-10-11-12-21-15-19(17(5)7-2)20-14-18(21)13-16(3)4/h16-20H,6-15H2,1-5H3. The van der Waals surface area contributed by atoms with Crippen molar-refractivity contribution < 1.29 is 0 Å². The van der Waals surface area contributed by atoms with Gasteiger partial charge >= 0.3 is 0 Å². The minimum absolute atomic E-state index is 0.703. The van der Waals surface area contributed by atoms with Crippen LogP contribution in [0.3, 0.4) is 0 Å². The lowest BCUT2D eigenvalue weighted by Gasteiger charge is -2.43. The van der Waals surface area contributed by atoms with Gasteiger partial charge in [0.25, 0.3) is 0 Å². The maximum absolute atomic E-state index is 3.82. The fourth-order valence-corrected chi connectivity index (χ4v) is 3.52. The van der Waals surface area contributed by atoms with Gasteiger partial charge in [-0.1, -0.05) is 66.7 Å². The molecular weight excluding hydrogens is 256 g/mol. The molecule has 21 heavy (non-hydrogen) atoms. The lowest BCUT2D eigenvalue weighted by atomic mass is 9.92. The number of unbranched alkanes of at least 4 members (excludes halogenated alkanes) is 4. The van der Waals surface area contributed by atoms with Crippen LogP contribution in [0.4, 0.5) is 0 Å². The summed E-state index contributed by atoms with van der Waals surface area (Å²) in [5.74, 6) is 1.60. The summed E-state index contributed by atoms with van der Waals surface area (Å²) < 4.78 is 0. The molecule has 1 aliphatic rings. The summed E-state index contributed by atoms with van der Waals surface area (Å²) in [6, 6.07) is 1.46. The third kappa shape index (κ3) is 7.15. The molecular formula is C19H40N2. The summed E-state index contributed by atoms with van der Waals surface area (Å²) >= 11 is 0. The maximum Gasteiger partial charge on any atom is 0.0223 e. The van der Waals surface area contributed by atoms with Gasteiger partial charge in [0.15, 0.2) is 0 Å². The van der Waals surface area contributed by atoms with E-state index in [2.05, 4.69) is 44.8 Å². The minimum atomic E-state index is 0.703. The number of hydrogen-bond acceptors (Lipinski definition) is 2. The van der Waals surface area contributed by atoms with E-state index in [1.807, 2.05) is 0 Å². The summed E-state index contributed by atoms with van der Waals surface area (Å²) in [5, 5.41) is 3.82. The highest BCUT2D eigenvalue weighted by Crippen LogP contribution is 2.20. The highest BCUT2D eigenvalue weighted by Gasteiger charge is 2.29. The van der Waals surface area contributed by atoms with E-state index in [0.29, 0.717) is 6.04 Å². The molecule has 0 spiro atoms. The lowest BCUT2D eigenvalue weighted by Crippen LogP contribution is -2.58. The Balaban J connectivity index is 2.44. The van der Waals surface area contributed by atoms with Crippen LogP contribution in [0, 0.1) is 11.8 Å². The van der Waals surface area contributed by atoms with Crippen LogP contribution in [-0.4, -0.2) is 36.6 Å². The Morgan fingerprint density at radius 3 is 2.38 bits per heavy atom. The van der Waals surface area contributed by atoms with Gasteiger partial charge in [-0.2, -0.15) is 0 Å². The van der Waals surface area contributed by atoms with Gasteiger partial charge in [0.1, 0.15) is 0 Å². The van der Waals surface area contributed by atoms with E-state index in [0.717, 1.165) is 17.9 Å². The third-order valence-electron chi connectivity index (χ3n) is 5.19. The number of rotatable bonds is 10. The van der Waals surface area contributed by atoms with Crippen LogP contribution in [0.5, 0.6) is 0 Å². The average Bonchev–Trinajstić information content (AvgIpc) is 2.47. The highest BCUT2D eigenvalue weighted by molar-refractivity contribution is 4.88. The topological polar surface area (TPSA) is 15.3 Å². The molecule has 1 fully saturated rings. The first kappa shape index (κ1) is 19.0. The van der Waals surface area contributed by atoms with E-state index in [4.69, 9.17) is 0 Å². The molecule has 1 heterocycles. The first-order valence-corrected chi connectivity index (χ1v) is 9.55. The van der Waals surface area contributed by atoms with E-state index in [-0.39, 0.29) is 0 Å². The Morgan fingerprint density at radius 2 is 1.76 bits per heavy atom. The number of nitrogens with one attached hydrogen (secondary N) is 1. The molecule has 0 saturated carbocycles. The number of piperazine rings is 1. The first-order chi connectivity index (χ1) is 10.1. The summed E-state index contributed by atoms with van der Waals surface area (Å²) in [6.07, 6.45) is 9.62. The number of hydrogen-bond donors (Lipinski definition) is 1. The van der Waals surface area contributed by atoms with E-state index in [1.165, 1.54) is 64.6 Å². The van der Waals surface area contributed by atoms with E-state index < -0.39 is 0 Å². The van der Waals surface area contributed by atoms with Gasteiger partial charge in [0, 0.05) is 25.2 Å². The van der Waals surface area contributed by atoms with Gasteiger partial charge in [-0.05, 0) is 31.2 Å². The van der Waals surface area contributed by atoms with Crippen LogP contribution in [0.2, 0.25) is 0 Å². The van der Waals surface area contributed by atoms with Crippen molar-refractivity contribution in [1.82, 2.24) is 10.2 Å². The van der Waals surface area contributed by atoms with Crippen molar-refractivity contribution in [2.45, 2.75) is 91.6 Å². The summed E-state index contributed by atoms with van der Waals surface area (Å²) in [4.78, 5) is 2.80. The Kier molecular flexibility index (Phi) is 9.59. The van der Waals surface area contributed by atoms with Crippen LogP contribution in [0.1, 0.15) is 79.6 Å². The second kappa shape index (κ2) is 10.6. The average molecular weight is 297 g/mol. The van der Waals surface area contributed by atoms with Crippen LogP contribution in [0.25, 0.3) is 0 Å². The van der Waals surface area contributed by atoms with Crippen LogP contribution in [0.15, 0.2) is 0 Å². The molecule has 1 rings (SSSR count). The van der Waals surface area contributed by atoms with Crippen molar-refractivity contribution in [2.75, 3.05) is 19.6 Å². The summed E-state index contributed by atoms with van der Waals surface area (Å²) in [7, 11) is 0. The molecule has 1 N–H and O–H groups in total. The summed E-state index contributed by atoms with van der Waals surface area (Å²) in [6.45, 7) is 15.5. The monoisotopic (exact) mass is 296 g/mol. The quantitative estimate of drug-likeness (QED) is 0.588. The molecule has 0 aromatic rings. The second-order valence-electron chi connectivity index (χ2n) is 7.59. The van der Waals surface area contributed by atoms with Gasteiger partial charge in [-0.3, -0.25) is 4.90 Å². The molecule has 2 nitrogen and oxygen atoms in total. The minimum Gasteiger partial charge on any atom is -0.311 e. The molecule has 2 heteroatoms. The molecule has 0 bridgehead atoms. The van der Waals surface area contributed by atoms with Gasteiger partial charge < -0.3 is 5.32 Å². The molecule has 3 atom stereocenters. The largest absolute Gasteiger partial charge is 0.311 e. The predicted octanol–water partition coefficient (Wildman–Crippen LogP) is 4.69. The molecule has 1 saturated heterocycles. The van der Waals surface area contributed by atoms with E-state index in [9.17, 15) is 0 Å². The molecule has 0 aromatic carbocycles. The van der Waals surface area contributed by atoms with Crippen molar-refractivity contribution in [3.63, 3.8) is 0 Å². The van der Waals surface area contributed by atoms with Crippen molar-refractivity contribution >= 4 is 0 Å². The van der Waals surface area contributed by atoms with Crippen molar-refractivity contribution in [2.24, 2.45) is 11.8 Å². The fourth-order valence-electron chi connectivity index (χ4n) is 3.52. The summed E-state index contributed by atoms with van der Waals surface area (Å²) in [5.41, 5.74) is 0. The van der Waals surface area contributed by atoms with E-state index in [1.54, 1.807) is 0 Å². The Labute approximate surface area is 134 Å². The zero-order chi connectivity index (χ0) is 15.7. The van der Waals surface area contributed by atoms with Gasteiger partial charge in [0.05, 0.1) is 0 Å². The molecule has 126 valence electrons. The van der Waals surface area contributed by atoms with Crippen molar-refractivity contribution in [3.05, 3.63) is 0 Å².